The number of fused-ring (bicyclic) bond motifs is 1. The zero-order valence-corrected chi connectivity index (χ0v) is 17.5. The number of nitrogens with zero attached hydrogens (tertiary/aromatic N) is 2. The van der Waals surface area contributed by atoms with Crippen molar-refractivity contribution in [2.75, 3.05) is 11.9 Å². The lowest BCUT2D eigenvalue weighted by Crippen LogP contribution is -2.44. The van der Waals surface area contributed by atoms with Gasteiger partial charge in [0, 0.05) is 18.4 Å². The highest BCUT2D eigenvalue weighted by atomic mass is 16.5. The number of hydrazine groups is 1. The molecular formula is C24H23N5O3. The molecule has 0 aliphatic heterocycles. The Balaban J connectivity index is 1.21. The van der Waals surface area contributed by atoms with Gasteiger partial charge in [0.1, 0.15) is 11.6 Å². The number of hydrogen-bond acceptors (Lipinski definition) is 5. The molecule has 0 atom stereocenters. The van der Waals surface area contributed by atoms with Crippen molar-refractivity contribution in [3.8, 4) is 5.75 Å². The molecule has 1 heterocycles. The molecule has 0 aliphatic carbocycles. The van der Waals surface area contributed by atoms with Crippen LogP contribution in [0.1, 0.15) is 5.82 Å². The Hall–Kier alpha value is -4.33. The lowest BCUT2D eigenvalue weighted by Gasteiger charge is -2.10. The Labute approximate surface area is 185 Å². The van der Waals surface area contributed by atoms with E-state index < -0.39 is 5.91 Å². The number of aryl methyl sites for hydroxylation is 1. The lowest BCUT2D eigenvalue weighted by atomic mass is 10.2. The molecule has 0 fully saturated rings. The van der Waals surface area contributed by atoms with Gasteiger partial charge in [0.2, 0.25) is 5.91 Å². The summed E-state index contributed by atoms with van der Waals surface area (Å²) >= 11 is 0. The number of amides is 2. The largest absolute Gasteiger partial charge is 0.484 e. The van der Waals surface area contributed by atoms with E-state index >= 15 is 0 Å². The predicted octanol–water partition coefficient (Wildman–Crippen LogP) is 3.09. The first kappa shape index (κ1) is 20.9. The first-order chi connectivity index (χ1) is 15.6. The summed E-state index contributed by atoms with van der Waals surface area (Å²) in [6.07, 6.45) is 0.0438. The minimum absolute atomic E-state index is 0.0438. The molecule has 0 bridgehead atoms. The highest BCUT2D eigenvalue weighted by Gasteiger charge is 2.12. The van der Waals surface area contributed by atoms with E-state index in [1.54, 1.807) is 12.1 Å². The van der Waals surface area contributed by atoms with Gasteiger partial charge in [-0.15, -0.1) is 0 Å². The van der Waals surface area contributed by atoms with Crippen LogP contribution in [0.15, 0.2) is 78.9 Å². The Morgan fingerprint density at radius 1 is 0.844 bits per heavy atom. The van der Waals surface area contributed by atoms with Crippen LogP contribution in [0, 0.1) is 0 Å². The summed E-state index contributed by atoms with van der Waals surface area (Å²) in [6, 6.07) is 24.7. The molecular weight excluding hydrogens is 406 g/mol. The number of anilines is 2. The topological polar surface area (TPSA) is 97.3 Å². The Bertz CT molecular complexity index is 1220. The third-order valence-corrected chi connectivity index (χ3v) is 4.83. The van der Waals surface area contributed by atoms with Crippen LogP contribution in [0.2, 0.25) is 0 Å². The number of carbonyl (C=O) groups is 2. The quantitative estimate of drug-likeness (QED) is 0.392. The SMILES string of the molecule is Cn1c(CC(=O)NNC(=O)COc2ccc(Nc3ccccc3)cc2)nc2ccccc21. The third kappa shape index (κ3) is 5.23. The van der Waals surface area contributed by atoms with Gasteiger partial charge in [-0.3, -0.25) is 20.4 Å². The van der Waals surface area contributed by atoms with Crippen LogP contribution in [0.3, 0.4) is 0 Å². The summed E-state index contributed by atoms with van der Waals surface area (Å²) in [7, 11) is 1.85. The summed E-state index contributed by atoms with van der Waals surface area (Å²) < 4.78 is 7.33. The smallest absolute Gasteiger partial charge is 0.276 e. The van der Waals surface area contributed by atoms with Gasteiger partial charge >= 0.3 is 0 Å². The molecule has 3 aromatic carbocycles. The zero-order valence-electron chi connectivity index (χ0n) is 17.5. The number of imidazole rings is 1. The second kappa shape index (κ2) is 9.65. The fraction of sp³-hybridized carbons (Fsp3) is 0.125. The van der Waals surface area contributed by atoms with Gasteiger partial charge in [-0.25, -0.2) is 4.98 Å². The number of ether oxygens (including phenoxy) is 1. The van der Waals surface area contributed by atoms with Crippen LogP contribution < -0.4 is 20.9 Å². The van der Waals surface area contributed by atoms with Gasteiger partial charge in [0.25, 0.3) is 5.91 Å². The van der Waals surface area contributed by atoms with E-state index in [0.29, 0.717) is 11.6 Å². The van der Waals surface area contributed by atoms with E-state index in [0.717, 1.165) is 22.4 Å². The first-order valence-corrected chi connectivity index (χ1v) is 10.1. The van der Waals surface area contributed by atoms with Crippen LogP contribution in [-0.4, -0.2) is 28.0 Å². The maximum absolute atomic E-state index is 12.2. The van der Waals surface area contributed by atoms with Crippen LogP contribution in [0.5, 0.6) is 5.75 Å². The van der Waals surface area contributed by atoms with Crippen LogP contribution in [0.4, 0.5) is 11.4 Å². The second-order valence-corrected chi connectivity index (χ2v) is 7.15. The molecule has 3 N–H and O–H groups in total. The number of hydrogen-bond donors (Lipinski definition) is 3. The number of benzene rings is 3. The summed E-state index contributed by atoms with van der Waals surface area (Å²) in [6.45, 7) is -0.224. The maximum atomic E-state index is 12.2. The molecule has 1 aromatic heterocycles. The minimum Gasteiger partial charge on any atom is -0.484 e. The number of aromatic nitrogens is 2. The summed E-state index contributed by atoms with van der Waals surface area (Å²) in [5, 5.41) is 3.27. The van der Waals surface area contributed by atoms with Crippen molar-refractivity contribution in [1.82, 2.24) is 20.4 Å². The summed E-state index contributed by atoms with van der Waals surface area (Å²) in [4.78, 5) is 28.6. The Morgan fingerprint density at radius 3 is 2.25 bits per heavy atom. The first-order valence-electron chi connectivity index (χ1n) is 10.1. The number of para-hydroxylation sites is 3. The molecule has 8 nitrogen and oxygen atoms in total. The lowest BCUT2D eigenvalue weighted by molar-refractivity contribution is -0.129. The van der Waals surface area contributed by atoms with Crippen molar-refractivity contribution >= 4 is 34.2 Å². The Morgan fingerprint density at radius 2 is 1.50 bits per heavy atom. The number of nitrogens with one attached hydrogen (secondary N) is 3. The van der Waals surface area contributed by atoms with E-state index in [9.17, 15) is 9.59 Å². The molecule has 0 radical (unpaired) electrons. The van der Waals surface area contributed by atoms with Crippen LogP contribution in [0.25, 0.3) is 11.0 Å². The normalized spacial score (nSPS) is 10.5. The van der Waals surface area contributed by atoms with Crippen LogP contribution in [-0.2, 0) is 23.1 Å². The number of rotatable bonds is 7. The standard InChI is InChI=1S/C24H23N5O3/c1-29-21-10-6-5-9-20(21)26-22(29)15-23(30)27-28-24(31)16-32-19-13-11-18(12-14-19)25-17-7-3-2-4-8-17/h2-14,25H,15-16H2,1H3,(H,27,30)(H,28,31). The van der Waals surface area contributed by atoms with Crippen molar-refractivity contribution in [3.63, 3.8) is 0 Å². The van der Waals surface area contributed by atoms with Crippen LogP contribution >= 0.6 is 0 Å². The van der Waals surface area contributed by atoms with Crippen molar-refractivity contribution in [3.05, 3.63) is 84.7 Å². The van der Waals surface area contributed by atoms with E-state index in [1.165, 1.54) is 0 Å². The van der Waals surface area contributed by atoms with Gasteiger partial charge in [-0.2, -0.15) is 0 Å². The molecule has 32 heavy (non-hydrogen) atoms. The molecule has 0 saturated heterocycles. The third-order valence-electron chi connectivity index (χ3n) is 4.83. The average Bonchev–Trinajstić information content (AvgIpc) is 3.13. The van der Waals surface area contributed by atoms with Gasteiger partial charge in [-0.05, 0) is 48.5 Å². The average molecular weight is 429 g/mol. The van der Waals surface area contributed by atoms with Crippen molar-refractivity contribution in [2.24, 2.45) is 7.05 Å². The number of carbonyl (C=O) groups excluding carboxylic acids is 2. The molecule has 0 unspecified atom stereocenters. The highest BCUT2D eigenvalue weighted by molar-refractivity contribution is 5.84. The molecule has 8 heteroatoms. The van der Waals surface area contributed by atoms with Crippen molar-refractivity contribution < 1.29 is 14.3 Å². The van der Waals surface area contributed by atoms with Gasteiger partial charge in [0.15, 0.2) is 6.61 Å². The molecule has 4 rings (SSSR count). The van der Waals surface area contributed by atoms with Gasteiger partial charge < -0.3 is 14.6 Å². The van der Waals surface area contributed by atoms with Crippen molar-refractivity contribution in [2.45, 2.75) is 6.42 Å². The van der Waals surface area contributed by atoms with E-state index in [-0.39, 0.29) is 18.9 Å². The van der Waals surface area contributed by atoms with Crippen molar-refractivity contribution in [1.29, 1.82) is 0 Å². The molecule has 0 aliphatic rings. The zero-order chi connectivity index (χ0) is 22.3. The minimum atomic E-state index is -0.463. The second-order valence-electron chi connectivity index (χ2n) is 7.15. The van der Waals surface area contributed by atoms with Gasteiger partial charge in [-0.1, -0.05) is 30.3 Å². The molecule has 4 aromatic rings. The maximum Gasteiger partial charge on any atom is 0.276 e. The summed E-state index contributed by atoms with van der Waals surface area (Å²) in [5.41, 5.74) is 8.40. The van der Waals surface area contributed by atoms with E-state index in [2.05, 4.69) is 21.2 Å². The van der Waals surface area contributed by atoms with E-state index in [4.69, 9.17) is 4.74 Å². The molecule has 0 saturated carbocycles. The molecule has 2 amide bonds. The monoisotopic (exact) mass is 429 g/mol. The van der Waals surface area contributed by atoms with E-state index in [1.807, 2.05) is 78.3 Å². The Kier molecular flexibility index (Phi) is 6.31. The molecule has 162 valence electrons. The fourth-order valence-electron chi connectivity index (χ4n) is 3.19. The fourth-order valence-corrected chi connectivity index (χ4v) is 3.19. The highest BCUT2D eigenvalue weighted by Crippen LogP contribution is 2.19. The van der Waals surface area contributed by atoms with Gasteiger partial charge in [0.05, 0.1) is 17.5 Å². The predicted molar refractivity (Wildman–Crippen MR) is 122 cm³/mol. The molecule has 0 spiro atoms. The summed E-state index contributed by atoms with van der Waals surface area (Å²) in [5.74, 6) is 0.325.